The van der Waals surface area contributed by atoms with Crippen LogP contribution in [-0.4, -0.2) is 52.0 Å². The molecule has 2 unspecified atom stereocenters. The van der Waals surface area contributed by atoms with Crippen LogP contribution in [0.5, 0.6) is 0 Å². The first kappa shape index (κ1) is 31.9. The molecule has 2 aliphatic heterocycles. The number of ether oxygens (including phenoxy) is 2. The van der Waals surface area contributed by atoms with Crippen LogP contribution in [-0.2, 0) is 30.3 Å². The molecule has 0 saturated carbocycles. The van der Waals surface area contributed by atoms with Crippen molar-refractivity contribution in [2.45, 2.75) is 29.2 Å². The van der Waals surface area contributed by atoms with Gasteiger partial charge in [0.05, 0.1) is 6.42 Å². The van der Waals surface area contributed by atoms with Gasteiger partial charge < -0.3 is 19.7 Å². The van der Waals surface area contributed by atoms with Gasteiger partial charge in [-0.2, -0.15) is 0 Å². The SMILES string of the molecule is O=C(Cc1ccccc1)NC1C(=O)N2C=C(COC(=O)Nc3cccc(Cl)c3)C(C(=O)OC(c3ccccc3)c3ccccc3)S[C@H]12. The molecule has 9 nitrogen and oxygen atoms in total. The molecule has 2 N–H and O–H groups in total. The molecule has 2 heterocycles. The lowest BCUT2D eigenvalue weighted by molar-refractivity contribution is -0.148. The van der Waals surface area contributed by atoms with Gasteiger partial charge in [0.25, 0.3) is 5.91 Å². The number of β-lactam (4-membered cyclic amide) rings is 1. The van der Waals surface area contributed by atoms with Crippen molar-refractivity contribution >= 4 is 52.9 Å². The number of nitrogens with zero attached hydrogens (tertiary/aromatic N) is 1. The van der Waals surface area contributed by atoms with Gasteiger partial charge in [0.2, 0.25) is 5.91 Å². The minimum atomic E-state index is -0.938. The molecular weight excluding hydrogens is 638 g/mol. The first-order valence-electron chi connectivity index (χ1n) is 14.9. The van der Waals surface area contributed by atoms with E-state index in [1.54, 1.807) is 24.3 Å². The number of fused-ring (bicyclic) bond motifs is 1. The Morgan fingerprint density at radius 1 is 0.851 bits per heavy atom. The highest BCUT2D eigenvalue weighted by Crippen LogP contribution is 2.42. The monoisotopic (exact) mass is 667 g/mol. The Morgan fingerprint density at radius 2 is 1.49 bits per heavy atom. The summed E-state index contributed by atoms with van der Waals surface area (Å²) in [5.41, 5.74) is 3.17. The van der Waals surface area contributed by atoms with Crippen LogP contribution in [0.25, 0.3) is 0 Å². The summed E-state index contributed by atoms with van der Waals surface area (Å²) in [6.07, 6.45) is 0.156. The largest absolute Gasteiger partial charge is 0.451 e. The van der Waals surface area contributed by atoms with Gasteiger partial charge in [0.1, 0.15) is 23.3 Å². The molecule has 6 rings (SSSR count). The maximum Gasteiger partial charge on any atom is 0.411 e. The molecule has 4 aromatic rings. The van der Waals surface area contributed by atoms with E-state index in [4.69, 9.17) is 21.1 Å². The molecule has 0 aliphatic carbocycles. The lowest BCUT2D eigenvalue weighted by atomic mass is 10.0. The Labute approximate surface area is 280 Å². The molecule has 2 aliphatic rings. The molecule has 0 spiro atoms. The third-order valence-electron chi connectivity index (χ3n) is 7.61. The summed E-state index contributed by atoms with van der Waals surface area (Å²) in [4.78, 5) is 54.2. The highest BCUT2D eigenvalue weighted by atomic mass is 35.5. The van der Waals surface area contributed by atoms with Crippen LogP contribution in [0.1, 0.15) is 22.8 Å². The van der Waals surface area contributed by atoms with Crippen molar-refractivity contribution in [2.24, 2.45) is 0 Å². The molecule has 0 radical (unpaired) electrons. The zero-order valence-corrected chi connectivity index (χ0v) is 26.5. The van der Waals surface area contributed by atoms with E-state index in [0.29, 0.717) is 16.3 Å². The van der Waals surface area contributed by atoms with Crippen LogP contribution < -0.4 is 10.6 Å². The number of halogens is 1. The van der Waals surface area contributed by atoms with E-state index in [1.807, 2.05) is 91.0 Å². The van der Waals surface area contributed by atoms with Gasteiger partial charge in [0, 0.05) is 22.5 Å². The molecule has 0 aromatic heterocycles. The zero-order valence-electron chi connectivity index (χ0n) is 25.0. The van der Waals surface area contributed by atoms with Crippen LogP contribution in [0, 0.1) is 0 Å². The van der Waals surface area contributed by atoms with Gasteiger partial charge in [-0.25, -0.2) is 4.79 Å². The van der Waals surface area contributed by atoms with E-state index < -0.39 is 34.8 Å². The van der Waals surface area contributed by atoms with E-state index in [-0.39, 0.29) is 24.8 Å². The highest BCUT2D eigenvalue weighted by Gasteiger charge is 2.53. The molecule has 4 aromatic carbocycles. The fourth-order valence-electron chi connectivity index (χ4n) is 5.33. The van der Waals surface area contributed by atoms with Crippen molar-refractivity contribution in [2.75, 3.05) is 11.9 Å². The number of carbonyl (C=O) groups excluding carboxylic acids is 4. The van der Waals surface area contributed by atoms with Crippen LogP contribution in [0.4, 0.5) is 10.5 Å². The summed E-state index contributed by atoms with van der Waals surface area (Å²) in [5, 5.41) is 4.38. The minimum Gasteiger partial charge on any atom is -0.451 e. The van der Waals surface area contributed by atoms with Gasteiger partial charge in [-0.15, -0.1) is 11.8 Å². The molecule has 238 valence electrons. The van der Waals surface area contributed by atoms with Crippen molar-refractivity contribution in [3.63, 3.8) is 0 Å². The predicted octanol–water partition coefficient (Wildman–Crippen LogP) is 6.12. The minimum absolute atomic E-state index is 0.111. The van der Waals surface area contributed by atoms with Crippen molar-refractivity contribution in [3.8, 4) is 0 Å². The van der Waals surface area contributed by atoms with Crippen LogP contribution in [0.2, 0.25) is 5.02 Å². The third-order valence-corrected chi connectivity index (χ3v) is 9.40. The number of amides is 3. The van der Waals surface area contributed by atoms with Crippen LogP contribution >= 0.6 is 23.4 Å². The van der Waals surface area contributed by atoms with Crippen molar-refractivity contribution in [3.05, 3.63) is 149 Å². The number of thioether (sulfide) groups is 1. The molecule has 1 fully saturated rings. The second kappa shape index (κ2) is 14.6. The zero-order chi connectivity index (χ0) is 32.8. The second-order valence-electron chi connectivity index (χ2n) is 10.9. The number of nitrogens with one attached hydrogen (secondary N) is 2. The van der Waals surface area contributed by atoms with E-state index in [2.05, 4.69) is 10.6 Å². The Bertz CT molecular complexity index is 1750. The van der Waals surface area contributed by atoms with Crippen LogP contribution in [0.3, 0.4) is 0 Å². The third kappa shape index (κ3) is 7.67. The Kier molecular flexibility index (Phi) is 9.89. The van der Waals surface area contributed by atoms with Gasteiger partial charge in [0.15, 0.2) is 6.10 Å². The molecule has 3 atom stereocenters. The number of carbonyl (C=O) groups is 4. The molecule has 11 heteroatoms. The summed E-state index contributed by atoms with van der Waals surface area (Å²) in [6, 6.07) is 33.7. The predicted molar refractivity (Wildman–Crippen MR) is 179 cm³/mol. The van der Waals surface area contributed by atoms with E-state index >= 15 is 0 Å². The summed E-state index contributed by atoms with van der Waals surface area (Å²) in [6.45, 7) is -0.290. The number of anilines is 1. The van der Waals surface area contributed by atoms with E-state index in [1.165, 1.54) is 22.9 Å². The van der Waals surface area contributed by atoms with Gasteiger partial charge in [-0.3, -0.25) is 19.7 Å². The standard InChI is InChI=1S/C36H30ClN3O6S/c37-27-17-10-18-28(20-27)38-36(44)45-22-26-21-40-33(42)30(39-29(41)19-23-11-4-1-5-12-23)34(40)47-32(26)35(43)46-31(24-13-6-2-7-14-24)25-15-8-3-9-16-25/h1-18,20-21,30-32,34H,19,22H2,(H,38,44)(H,39,41)/t30?,32?,34-/m1/s1. The topological polar surface area (TPSA) is 114 Å². The van der Waals surface area contributed by atoms with E-state index in [9.17, 15) is 19.2 Å². The lowest BCUT2D eigenvalue weighted by Gasteiger charge is -2.49. The summed E-state index contributed by atoms with van der Waals surface area (Å²) < 4.78 is 11.7. The first-order chi connectivity index (χ1) is 22.9. The van der Waals surface area contributed by atoms with Crippen molar-refractivity contribution < 1.29 is 28.7 Å². The van der Waals surface area contributed by atoms with Gasteiger partial charge >= 0.3 is 12.1 Å². The van der Waals surface area contributed by atoms with Crippen molar-refractivity contribution in [1.29, 1.82) is 0 Å². The maximum absolute atomic E-state index is 14.0. The fourth-order valence-corrected chi connectivity index (χ4v) is 6.91. The molecule has 3 amide bonds. The Balaban J connectivity index is 1.21. The number of esters is 1. The summed E-state index contributed by atoms with van der Waals surface area (Å²) in [7, 11) is 0. The maximum atomic E-state index is 14.0. The molecule has 47 heavy (non-hydrogen) atoms. The second-order valence-corrected chi connectivity index (χ2v) is 12.6. The fraction of sp³-hybridized carbons (Fsp3) is 0.167. The van der Waals surface area contributed by atoms with Gasteiger partial charge in [-0.1, -0.05) is 109 Å². The molecule has 0 bridgehead atoms. The highest BCUT2D eigenvalue weighted by molar-refractivity contribution is 8.01. The number of rotatable bonds is 10. The molecular formula is C36H30ClN3O6S. The number of benzene rings is 4. The quantitative estimate of drug-likeness (QED) is 0.155. The van der Waals surface area contributed by atoms with Crippen molar-refractivity contribution in [1.82, 2.24) is 10.2 Å². The van der Waals surface area contributed by atoms with E-state index in [0.717, 1.165) is 16.7 Å². The average Bonchev–Trinajstić information content (AvgIpc) is 3.09. The summed E-state index contributed by atoms with van der Waals surface area (Å²) in [5.74, 6) is -1.22. The first-order valence-corrected chi connectivity index (χ1v) is 16.2. The Hall–Kier alpha value is -5.06. The smallest absolute Gasteiger partial charge is 0.411 e. The normalized spacial score (nSPS) is 18.3. The van der Waals surface area contributed by atoms with Crippen LogP contribution in [0.15, 0.2) is 127 Å². The number of hydrogen-bond donors (Lipinski definition) is 2. The van der Waals surface area contributed by atoms with Gasteiger partial charge in [-0.05, 0) is 34.9 Å². The average molecular weight is 668 g/mol. The summed E-state index contributed by atoms with van der Waals surface area (Å²) >= 11 is 7.19. The molecule has 1 saturated heterocycles. The Morgan fingerprint density at radius 3 is 2.13 bits per heavy atom. The number of hydrogen-bond acceptors (Lipinski definition) is 7. The lowest BCUT2D eigenvalue weighted by Crippen LogP contribution is -2.69.